The van der Waals surface area contributed by atoms with Crippen molar-refractivity contribution in [2.75, 3.05) is 6.61 Å². The summed E-state index contributed by atoms with van der Waals surface area (Å²) in [7, 11) is 0. The molecule has 3 aromatic carbocycles. The highest BCUT2D eigenvalue weighted by Gasteiger charge is 2.18. The average molecular weight is 387 g/mol. The summed E-state index contributed by atoms with van der Waals surface area (Å²) in [5.74, 6) is 0.706. The minimum absolute atomic E-state index is 0.0932. The molecule has 0 aliphatic carbocycles. The van der Waals surface area contributed by atoms with Crippen molar-refractivity contribution in [2.24, 2.45) is 0 Å². The minimum Gasteiger partial charge on any atom is -0.369 e. The van der Waals surface area contributed by atoms with Crippen LogP contribution in [0.15, 0.2) is 54.6 Å². The number of hydrogen-bond donors (Lipinski definition) is 0. The lowest BCUT2D eigenvalue weighted by Crippen LogP contribution is -2.17. The van der Waals surface area contributed by atoms with Crippen molar-refractivity contribution in [3.05, 3.63) is 82.4 Å². The van der Waals surface area contributed by atoms with Crippen molar-refractivity contribution in [1.29, 1.82) is 0 Å². The van der Waals surface area contributed by atoms with Crippen LogP contribution in [0.2, 0.25) is 0 Å². The Labute approximate surface area is 173 Å². The normalized spacial score (nSPS) is 14.8. The molecule has 0 fully saturated rings. The lowest BCUT2D eigenvalue weighted by molar-refractivity contribution is 0.0666. The smallest absolute Gasteiger partial charge is 0.188 e. The number of carbonyl (C=O) groups excluding carboxylic acids is 1. The molecule has 0 spiro atoms. The van der Waals surface area contributed by atoms with Crippen molar-refractivity contribution in [3.8, 4) is 0 Å². The second-order valence-corrected chi connectivity index (χ2v) is 8.35. The topological polar surface area (TPSA) is 26.3 Å². The van der Waals surface area contributed by atoms with E-state index < -0.39 is 0 Å². The van der Waals surface area contributed by atoms with E-state index in [2.05, 4.69) is 62.4 Å². The maximum Gasteiger partial charge on any atom is 0.188 e. The lowest BCUT2D eigenvalue weighted by atomic mass is 9.92. The predicted molar refractivity (Wildman–Crippen MR) is 120 cm³/mol. The standard InChI is InChI=1S/C27H30O2/c1-3-20-8-11-22(12-9-20)19(2)6-4-5-7-21-10-13-23-16-26-25(15-24(23)14-21)17-29-18-27(26)28/h8-16,19H,3-7,17-18H2,1-2H3. The zero-order valence-electron chi connectivity index (χ0n) is 17.5. The van der Waals surface area contributed by atoms with Gasteiger partial charge in [-0.3, -0.25) is 4.79 Å². The molecule has 0 radical (unpaired) electrons. The van der Waals surface area contributed by atoms with Crippen LogP contribution in [0.1, 0.15) is 71.6 Å². The van der Waals surface area contributed by atoms with Crippen molar-refractivity contribution in [2.45, 2.75) is 58.5 Å². The van der Waals surface area contributed by atoms with Crippen LogP contribution in [0.3, 0.4) is 0 Å². The fourth-order valence-corrected chi connectivity index (χ4v) is 4.29. The van der Waals surface area contributed by atoms with Gasteiger partial charge in [0.25, 0.3) is 0 Å². The molecule has 1 atom stereocenters. The molecule has 0 saturated heterocycles. The average Bonchev–Trinajstić information content (AvgIpc) is 2.75. The van der Waals surface area contributed by atoms with E-state index in [0.717, 1.165) is 29.4 Å². The number of ether oxygens (including phenoxy) is 1. The first kappa shape index (κ1) is 19.8. The number of unbranched alkanes of at least 4 members (excludes halogenated alkanes) is 1. The third-order valence-electron chi connectivity index (χ3n) is 6.23. The Morgan fingerprint density at radius 3 is 2.48 bits per heavy atom. The van der Waals surface area contributed by atoms with E-state index >= 15 is 0 Å². The van der Waals surface area contributed by atoms with E-state index in [0.29, 0.717) is 12.5 Å². The van der Waals surface area contributed by atoms with Crippen LogP contribution in [0.5, 0.6) is 0 Å². The Kier molecular flexibility index (Phi) is 6.10. The van der Waals surface area contributed by atoms with Gasteiger partial charge in [0.1, 0.15) is 6.61 Å². The van der Waals surface area contributed by atoms with Gasteiger partial charge < -0.3 is 4.74 Å². The Morgan fingerprint density at radius 2 is 1.69 bits per heavy atom. The molecule has 150 valence electrons. The first-order chi connectivity index (χ1) is 14.1. The van der Waals surface area contributed by atoms with Crippen LogP contribution >= 0.6 is 0 Å². The van der Waals surface area contributed by atoms with Crippen molar-refractivity contribution in [1.82, 2.24) is 0 Å². The van der Waals surface area contributed by atoms with Gasteiger partial charge >= 0.3 is 0 Å². The maximum absolute atomic E-state index is 12.0. The fraction of sp³-hybridized carbons (Fsp3) is 0.370. The number of carbonyl (C=O) groups is 1. The Morgan fingerprint density at radius 1 is 0.897 bits per heavy atom. The van der Waals surface area contributed by atoms with E-state index in [9.17, 15) is 4.79 Å². The third-order valence-corrected chi connectivity index (χ3v) is 6.23. The number of hydrogen-bond acceptors (Lipinski definition) is 2. The van der Waals surface area contributed by atoms with Crippen LogP contribution in [0.25, 0.3) is 10.8 Å². The Balaban J connectivity index is 1.34. The molecule has 3 aromatic rings. The molecule has 1 aliphatic rings. The molecule has 0 aromatic heterocycles. The van der Waals surface area contributed by atoms with E-state index in [4.69, 9.17) is 4.74 Å². The molecule has 2 nitrogen and oxygen atoms in total. The fourth-order valence-electron chi connectivity index (χ4n) is 4.29. The molecule has 0 amide bonds. The van der Waals surface area contributed by atoms with Gasteiger partial charge in [0.2, 0.25) is 0 Å². The second kappa shape index (κ2) is 8.92. The van der Waals surface area contributed by atoms with Crippen LogP contribution in [0, 0.1) is 0 Å². The lowest BCUT2D eigenvalue weighted by Gasteiger charge is -2.16. The summed E-state index contributed by atoms with van der Waals surface area (Å²) < 4.78 is 5.39. The van der Waals surface area contributed by atoms with Crippen LogP contribution in [-0.2, 0) is 24.2 Å². The molecule has 4 rings (SSSR count). The highest BCUT2D eigenvalue weighted by Crippen LogP contribution is 2.26. The summed E-state index contributed by atoms with van der Waals surface area (Å²) in [5, 5.41) is 2.36. The summed E-state index contributed by atoms with van der Waals surface area (Å²) in [6.45, 7) is 5.28. The van der Waals surface area contributed by atoms with Gasteiger partial charge in [0.15, 0.2) is 5.78 Å². The van der Waals surface area contributed by atoms with Gasteiger partial charge in [-0.15, -0.1) is 0 Å². The number of Topliss-reactive ketones (excluding diaryl/α,β-unsaturated/α-hetero) is 1. The van der Waals surface area contributed by atoms with E-state index in [1.54, 1.807) is 0 Å². The molecule has 0 bridgehead atoms. The number of rotatable bonds is 7. The molecule has 0 saturated carbocycles. The van der Waals surface area contributed by atoms with Crippen molar-refractivity contribution < 1.29 is 9.53 Å². The summed E-state index contributed by atoms with van der Waals surface area (Å²) in [6, 6.07) is 19.9. The van der Waals surface area contributed by atoms with Gasteiger partial charge in [-0.2, -0.15) is 0 Å². The zero-order chi connectivity index (χ0) is 20.2. The van der Waals surface area contributed by atoms with Crippen molar-refractivity contribution in [3.63, 3.8) is 0 Å². The number of aryl methyl sites for hydroxylation is 2. The first-order valence-electron chi connectivity index (χ1n) is 10.9. The van der Waals surface area contributed by atoms with Crippen LogP contribution < -0.4 is 0 Å². The second-order valence-electron chi connectivity index (χ2n) is 8.35. The molecule has 2 heteroatoms. The van der Waals surface area contributed by atoms with Gasteiger partial charge in [0.05, 0.1) is 6.61 Å². The molecule has 0 N–H and O–H groups in total. The van der Waals surface area contributed by atoms with Crippen LogP contribution in [-0.4, -0.2) is 12.4 Å². The molecule has 1 aliphatic heterocycles. The van der Waals surface area contributed by atoms with Gasteiger partial charge in [-0.05, 0) is 76.8 Å². The van der Waals surface area contributed by atoms with Crippen LogP contribution in [0.4, 0.5) is 0 Å². The highest BCUT2D eigenvalue weighted by atomic mass is 16.5. The first-order valence-corrected chi connectivity index (χ1v) is 10.9. The monoisotopic (exact) mass is 386 g/mol. The molecule has 29 heavy (non-hydrogen) atoms. The molecular formula is C27H30O2. The van der Waals surface area contributed by atoms with Gasteiger partial charge in [0, 0.05) is 5.56 Å². The number of ketones is 1. The molecular weight excluding hydrogens is 356 g/mol. The largest absolute Gasteiger partial charge is 0.369 e. The van der Waals surface area contributed by atoms with E-state index in [1.807, 2.05) is 6.07 Å². The summed E-state index contributed by atoms with van der Waals surface area (Å²) in [6.07, 6.45) is 5.87. The molecule has 1 heterocycles. The SMILES string of the molecule is CCc1ccc(C(C)CCCCc2ccc3cc4c(cc3c2)COCC4=O)cc1. The van der Waals surface area contributed by atoms with E-state index in [1.165, 1.54) is 41.3 Å². The summed E-state index contributed by atoms with van der Waals surface area (Å²) >= 11 is 0. The van der Waals surface area contributed by atoms with Crippen molar-refractivity contribution >= 4 is 16.6 Å². The quantitative estimate of drug-likeness (QED) is 0.426. The summed E-state index contributed by atoms with van der Waals surface area (Å²) in [5.41, 5.74) is 6.09. The number of benzene rings is 3. The highest BCUT2D eigenvalue weighted by molar-refractivity contribution is 6.03. The van der Waals surface area contributed by atoms with Gasteiger partial charge in [-0.1, -0.05) is 62.7 Å². The van der Waals surface area contributed by atoms with E-state index in [-0.39, 0.29) is 12.4 Å². The molecule has 1 unspecified atom stereocenters. The Bertz CT molecular complexity index is 1000. The van der Waals surface area contributed by atoms with Gasteiger partial charge in [-0.25, -0.2) is 0 Å². The Hall–Kier alpha value is -2.45. The zero-order valence-corrected chi connectivity index (χ0v) is 17.5. The summed E-state index contributed by atoms with van der Waals surface area (Å²) in [4.78, 5) is 12.0. The minimum atomic E-state index is 0.0932. The number of fused-ring (bicyclic) bond motifs is 2. The third kappa shape index (κ3) is 4.59. The predicted octanol–water partition coefficient (Wildman–Crippen LogP) is 6.63. The maximum atomic E-state index is 12.0.